The number of rotatable bonds is 9. The Kier molecular flexibility index (Phi) is 13.0. The zero-order valence-electron chi connectivity index (χ0n) is 13.0. The Morgan fingerprint density at radius 3 is 1.14 bits per heavy atom. The van der Waals surface area contributed by atoms with Crippen LogP contribution in [0.25, 0.3) is 0 Å². The largest absolute Gasteiger partial charge is 0.463 e. The fourth-order valence-electron chi connectivity index (χ4n) is 1.16. The Morgan fingerprint density at radius 2 is 0.864 bits per heavy atom. The van der Waals surface area contributed by atoms with Crippen LogP contribution in [-0.2, 0) is 19.1 Å². The molecule has 0 aliphatic carbocycles. The van der Waals surface area contributed by atoms with Gasteiger partial charge >= 0.3 is 11.9 Å². The molecular formula is C18H22O4. The van der Waals surface area contributed by atoms with Crippen molar-refractivity contribution in [3.8, 4) is 0 Å². The van der Waals surface area contributed by atoms with Crippen molar-refractivity contribution in [1.82, 2.24) is 0 Å². The smallest absolute Gasteiger partial charge is 0.330 e. The van der Waals surface area contributed by atoms with E-state index >= 15 is 0 Å². The van der Waals surface area contributed by atoms with Gasteiger partial charge in [0.1, 0.15) is 0 Å². The predicted molar refractivity (Wildman–Crippen MR) is 88.1 cm³/mol. The van der Waals surface area contributed by atoms with Gasteiger partial charge in [0, 0.05) is 12.2 Å². The molecule has 4 nitrogen and oxygen atoms in total. The second kappa shape index (κ2) is 14.8. The van der Waals surface area contributed by atoms with E-state index in [-0.39, 0.29) is 11.9 Å². The van der Waals surface area contributed by atoms with Crippen LogP contribution in [-0.4, -0.2) is 25.2 Å². The van der Waals surface area contributed by atoms with Crippen molar-refractivity contribution in [3.63, 3.8) is 0 Å². The van der Waals surface area contributed by atoms with Gasteiger partial charge in [0.05, 0.1) is 13.2 Å². The summed E-state index contributed by atoms with van der Waals surface area (Å²) in [5.74, 6) is -0.700. The molecule has 118 valence electrons. The van der Waals surface area contributed by atoms with Gasteiger partial charge in [0.15, 0.2) is 0 Å². The number of allylic oxidation sites excluding steroid dienone is 10. The highest BCUT2D eigenvalue weighted by Crippen LogP contribution is 1.87. The normalized spacial score (nSPS) is 12.6. The predicted octanol–water partition coefficient (Wildman–Crippen LogP) is 3.45. The third-order valence-corrected chi connectivity index (χ3v) is 2.04. The Balaban J connectivity index is 3.93. The number of hydrogen-bond donors (Lipinski definition) is 0. The summed E-state index contributed by atoms with van der Waals surface area (Å²) in [6.07, 6.45) is 20.4. The summed E-state index contributed by atoms with van der Waals surface area (Å²) in [4.78, 5) is 21.9. The van der Waals surface area contributed by atoms with Gasteiger partial charge in [0.25, 0.3) is 0 Å². The molecule has 0 aliphatic heterocycles. The van der Waals surface area contributed by atoms with Gasteiger partial charge < -0.3 is 9.47 Å². The number of carbonyl (C=O) groups is 2. The molecule has 0 fully saturated rings. The topological polar surface area (TPSA) is 52.6 Å². The molecular weight excluding hydrogens is 280 g/mol. The van der Waals surface area contributed by atoms with Crippen LogP contribution in [0.5, 0.6) is 0 Å². The van der Waals surface area contributed by atoms with Crippen LogP contribution >= 0.6 is 0 Å². The van der Waals surface area contributed by atoms with Crippen molar-refractivity contribution in [1.29, 1.82) is 0 Å². The molecule has 0 saturated carbocycles. The molecule has 0 heterocycles. The van der Waals surface area contributed by atoms with Gasteiger partial charge in [-0.25, -0.2) is 9.59 Å². The number of esters is 2. The van der Waals surface area contributed by atoms with E-state index in [2.05, 4.69) is 0 Å². The van der Waals surface area contributed by atoms with Crippen molar-refractivity contribution in [3.05, 3.63) is 72.9 Å². The summed E-state index contributed by atoms with van der Waals surface area (Å²) in [6, 6.07) is 0. The summed E-state index contributed by atoms with van der Waals surface area (Å²) in [5, 5.41) is 0. The first-order chi connectivity index (χ1) is 10.7. The molecule has 0 rings (SSSR count). The zero-order valence-corrected chi connectivity index (χ0v) is 13.0. The minimum atomic E-state index is -0.350. The fraction of sp³-hybridized carbons (Fsp3) is 0.222. The molecule has 0 aromatic heterocycles. The fourth-order valence-corrected chi connectivity index (χ4v) is 1.16. The molecule has 22 heavy (non-hydrogen) atoms. The highest BCUT2D eigenvalue weighted by Gasteiger charge is 1.90. The molecule has 0 aliphatic rings. The van der Waals surface area contributed by atoms with Crippen molar-refractivity contribution in [2.45, 2.75) is 13.8 Å². The van der Waals surface area contributed by atoms with Gasteiger partial charge in [-0.3, -0.25) is 0 Å². The summed E-state index contributed by atoms with van der Waals surface area (Å²) < 4.78 is 9.46. The minimum Gasteiger partial charge on any atom is -0.463 e. The molecule has 0 atom stereocenters. The summed E-state index contributed by atoms with van der Waals surface area (Å²) in [7, 11) is 0. The minimum absolute atomic E-state index is 0.350. The Bertz CT molecular complexity index is 445. The van der Waals surface area contributed by atoms with E-state index in [9.17, 15) is 9.59 Å². The lowest BCUT2D eigenvalue weighted by Crippen LogP contribution is -1.98. The number of ether oxygens (including phenoxy) is 2. The van der Waals surface area contributed by atoms with Crippen LogP contribution in [0.1, 0.15) is 13.8 Å². The highest BCUT2D eigenvalue weighted by atomic mass is 16.5. The zero-order chi connectivity index (χ0) is 16.5. The Labute approximate surface area is 131 Å². The third kappa shape index (κ3) is 13.8. The lowest BCUT2D eigenvalue weighted by Gasteiger charge is -1.92. The molecule has 0 bridgehead atoms. The van der Waals surface area contributed by atoms with Crippen molar-refractivity contribution >= 4 is 11.9 Å². The van der Waals surface area contributed by atoms with Crippen LogP contribution in [0.4, 0.5) is 0 Å². The van der Waals surface area contributed by atoms with E-state index in [1.54, 1.807) is 50.3 Å². The Hall–Kier alpha value is -2.62. The van der Waals surface area contributed by atoms with Crippen molar-refractivity contribution < 1.29 is 19.1 Å². The first-order valence-corrected chi connectivity index (χ1v) is 7.05. The van der Waals surface area contributed by atoms with Crippen LogP contribution in [0.3, 0.4) is 0 Å². The first-order valence-electron chi connectivity index (χ1n) is 7.05. The second-order valence-electron chi connectivity index (χ2n) is 3.76. The number of carbonyl (C=O) groups excluding carboxylic acids is 2. The molecule has 0 radical (unpaired) electrons. The summed E-state index contributed by atoms with van der Waals surface area (Å²) in [5.41, 5.74) is 0. The molecule has 0 unspecified atom stereocenters. The molecule has 0 amide bonds. The molecule has 0 saturated heterocycles. The van der Waals surface area contributed by atoms with Gasteiger partial charge in [-0.2, -0.15) is 0 Å². The quantitative estimate of drug-likeness (QED) is 0.372. The molecule has 4 heteroatoms. The van der Waals surface area contributed by atoms with E-state index in [1.165, 1.54) is 12.2 Å². The third-order valence-electron chi connectivity index (χ3n) is 2.04. The number of hydrogen-bond acceptors (Lipinski definition) is 4. The average molecular weight is 302 g/mol. The summed E-state index contributed by atoms with van der Waals surface area (Å²) in [6.45, 7) is 4.27. The lowest BCUT2D eigenvalue weighted by atomic mass is 10.3. The van der Waals surface area contributed by atoms with E-state index in [4.69, 9.17) is 9.47 Å². The Morgan fingerprint density at radius 1 is 0.591 bits per heavy atom. The first kappa shape index (κ1) is 19.4. The van der Waals surface area contributed by atoms with Gasteiger partial charge in [-0.15, -0.1) is 0 Å². The van der Waals surface area contributed by atoms with Crippen LogP contribution < -0.4 is 0 Å². The SMILES string of the molecule is CCOC(=O)C=CC=C/C=C/C=C\C=C\C=CC(=O)OCC. The van der Waals surface area contributed by atoms with Gasteiger partial charge in [-0.1, -0.05) is 60.8 Å². The maximum Gasteiger partial charge on any atom is 0.330 e. The molecule has 0 spiro atoms. The standard InChI is InChI=1S/C18H22O4/c1-3-21-17(19)15-13-11-9-7-5-6-8-10-12-14-16-18(20)22-4-2/h5-16H,3-4H2,1-2H3/b7-5-,8-6+,11-9+,12-10?,15-13?,16-14?. The maximum atomic E-state index is 11.0. The highest BCUT2D eigenvalue weighted by molar-refractivity contribution is 5.82. The maximum absolute atomic E-state index is 11.0. The van der Waals surface area contributed by atoms with Crippen LogP contribution in [0.15, 0.2) is 72.9 Å². The van der Waals surface area contributed by atoms with Crippen molar-refractivity contribution in [2.75, 3.05) is 13.2 Å². The summed E-state index contributed by atoms with van der Waals surface area (Å²) >= 11 is 0. The second-order valence-corrected chi connectivity index (χ2v) is 3.76. The molecule has 0 N–H and O–H groups in total. The molecule has 0 aromatic rings. The van der Waals surface area contributed by atoms with E-state index < -0.39 is 0 Å². The van der Waals surface area contributed by atoms with E-state index in [0.29, 0.717) is 13.2 Å². The monoisotopic (exact) mass is 302 g/mol. The average Bonchev–Trinajstić information content (AvgIpc) is 2.49. The van der Waals surface area contributed by atoms with Crippen LogP contribution in [0, 0.1) is 0 Å². The van der Waals surface area contributed by atoms with Gasteiger partial charge in [0.2, 0.25) is 0 Å². The van der Waals surface area contributed by atoms with E-state index in [1.807, 2.05) is 24.3 Å². The van der Waals surface area contributed by atoms with Crippen LogP contribution in [0.2, 0.25) is 0 Å². The van der Waals surface area contributed by atoms with Gasteiger partial charge in [-0.05, 0) is 13.8 Å². The van der Waals surface area contributed by atoms with Crippen molar-refractivity contribution in [2.24, 2.45) is 0 Å². The molecule has 0 aromatic carbocycles. The lowest BCUT2D eigenvalue weighted by molar-refractivity contribution is -0.138. The van der Waals surface area contributed by atoms with E-state index in [0.717, 1.165) is 0 Å².